The van der Waals surface area contributed by atoms with Gasteiger partial charge >= 0.3 is 0 Å². The van der Waals surface area contributed by atoms with Gasteiger partial charge < -0.3 is 21.5 Å². The lowest BCUT2D eigenvalue weighted by atomic mass is 10.1. The first-order chi connectivity index (χ1) is 8.63. The molecule has 0 radical (unpaired) electrons. The summed E-state index contributed by atoms with van der Waals surface area (Å²) in [5.41, 5.74) is 9.20. The van der Waals surface area contributed by atoms with Gasteiger partial charge in [0, 0.05) is 18.3 Å². The molecular formula is C13H19N3O2. The zero-order valence-electron chi connectivity index (χ0n) is 10.5. The highest BCUT2D eigenvalue weighted by atomic mass is 16.3. The van der Waals surface area contributed by atoms with Crippen molar-refractivity contribution in [2.45, 2.75) is 32.2 Å². The SMILES string of the molecule is CCC(CCO)Nc1cc2c(cc1N)CC(=O)N2. The fraction of sp³-hybridized carbons (Fsp3) is 0.462. The van der Waals surface area contributed by atoms with Crippen LogP contribution in [0.25, 0.3) is 0 Å². The second-order valence-electron chi connectivity index (χ2n) is 4.58. The van der Waals surface area contributed by atoms with Crippen LogP contribution in [0.2, 0.25) is 0 Å². The van der Waals surface area contributed by atoms with Crippen LogP contribution in [-0.4, -0.2) is 23.7 Å². The number of fused-ring (bicyclic) bond motifs is 1. The predicted octanol–water partition coefficient (Wildman–Crippen LogP) is 1.34. The molecule has 1 atom stereocenters. The van der Waals surface area contributed by atoms with Gasteiger partial charge in [0.1, 0.15) is 0 Å². The highest BCUT2D eigenvalue weighted by Crippen LogP contribution is 2.32. The van der Waals surface area contributed by atoms with E-state index < -0.39 is 0 Å². The topological polar surface area (TPSA) is 87.4 Å². The summed E-state index contributed by atoms with van der Waals surface area (Å²) in [6.07, 6.45) is 1.98. The van der Waals surface area contributed by atoms with Gasteiger partial charge in [-0.05, 0) is 30.5 Å². The molecule has 1 aromatic rings. The molecule has 0 spiro atoms. The third kappa shape index (κ3) is 2.56. The Kier molecular flexibility index (Phi) is 3.72. The number of aliphatic hydroxyl groups is 1. The quantitative estimate of drug-likeness (QED) is 0.593. The minimum atomic E-state index is 0.00366. The van der Waals surface area contributed by atoms with Gasteiger partial charge in [-0.15, -0.1) is 0 Å². The number of hydrogen-bond donors (Lipinski definition) is 4. The number of carbonyl (C=O) groups excluding carboxylic acids is 1. The number of nitrogens with one attached hydrogen (secondary N) is 2. The maximum Gasteiger partial charge on any atom is 0.228 e. The maximum atomic E-state index is 11.3. The summed E-state index contributed by atoms with van der Waals surface area (Å²) in [7, 11) is 0. The molecule has 1 aliphatic heterocycles. The minimum absolute atomic E-state index is 0.00366. The Morgan fingerprint density at radius 1 is 1.56 bits per heavy atom. The summed E-state index contributed by atoms with van der Waals surface area (Å²) < 4.78 is 0. The Labute approximate surface area is 106 Å². The minimum Gasteiger partial charge on any atom is -0.397 e. The molecular weight excluding hydrogens is 230 g/mol. The number of nitrogen functional groups attached to an aromatic ring is 1. The monoisotopic (exact) mass is 249 g/mol. The van der Waals surface area contributed by atoms with Crippen LogP contribution in [0.3, 0.4) is 0 Å². The molecule has 0 aromatic heterocycles. The summed E-state index contributed by atoms with van der Waals surface area (Å²) in [6.45, 7) is 2.20. The Balaban J connectivity index is 2.19. The first-order valence-electron chi connectivity index (χ1n) is 6.23. The van der Waals surface area contributed by atoms with Gasteiger partial charge in [-0.25, -0.2) is 0 Å². The van der Waals surface area contributed by atoms with E-state index in [0.29, 0.717) is 18.5 Å². The van der Waals surface area contributed by atoms with E-state index in [9.17, 15) is 4.79 Å². The molecule has 5 nitrogen and oxygen atoms in total. The largest absolute Gasteiger partial charge is 0.397 e. The second-order valence-corrected chi connectivity index (χ2v) is 4.58. The molecule has 18 heavy (non-hydrogen) atoms. The lowest BCUT2D eigenvalue weighted by molar-refractivity contribution is -0.115. The van der Waals surface area contributed by atoms with Gasteiger partial charge in [-0.1, -0.05) is 6.92 Å². The highest BCUT2D eigenvalue weighted by Gasteiger charge is 2.19. The van der Waals surface area contributed by atoms with Crippen LogP contribution in [0, 0.1) is 0 Å². The Hall–Kier alpha value is -1.75. The van der Waals surface area contributed by atoms with Crippen molar-refractivity contribution in [1.82, 2.24) is 0 Å². The van der Waals surface area contributed by atoms with Crippen molar-refractivity contribution in [1.29, 1.82) is 0 Å². The van der Waals surface area contributed by atoms with E-state index >= 15 is 0 Å². The van der Waals surface area contributed by atoms with E-state index in [0.717, 1.165) is 23.4 Å². The van der Waals surface area contributed by atoms with E-state index in [1.54, 1.807) is 0 Å². The van der Waals surface area contributed by atoms with Crippen molar-refractivity contribution >= 4 is 23.0 Å². The first-order valence-corrected chi connectivity index (χ1v) is 6.23. The number of rotatable bonds is 5. The molecule has 1 unspecified atom stereocenters. The standard InChI is InChI=1S/C13H19N3O2/c1-2-9(3-4-17)15-12-7-11-8(5-10(12)14)6-13(18)16-11/h5,7,9,15,17H,2-4,6,14H2,1H3,(H,16,18). The molecule has 5 heteroatoms. The summed E-state index contributed by atoms with van der Waals surface area (Å²) >= 11 is 0. The smallest absolute Gasteiger partial charge is 0.228 e. The van der Waals surface area contributed by atoms with Crippen molar-refractivity contribution in [2.24, 2.45) is 0 Å². The van der Waals surface area contributed by atoms with Crippen LogP contribution in [-0.2, 0) is 11.2 Å². The Morgan fingerprint density at radius 3 is 3.00 bits per heavy atom. The summed E-state index contributed by atoms with van der Waals surface area (Å²) in [5.74, 6) is 0.00366. The van der Waals surface area contributed by atoms with E-state index in [-0.39, 0.29) is 18.6 Å². The van der Waals surface area contributed by atoms with Gasteiger partial charge in [0.05, 0.1) is 17.8 Å². The summed E-state index contributed by atoms with van der Waals surface area (Å²) in [5, 5.41) is 15.1. The zero-order valence-corrected chi connectivity index (χ0v) is 10.5. The Bertz CT molecular complexity index is 460. The molecule has 1 aromatic carbocycles. The molecule has 0 fully saturated rings. The van der Waals surface area contributed by atoms with Gasteiger partial charge in [0.2, 0.25) is 5.91 Å². The first kappa shape index (κ1) is 12.7. The number of aliphatic hydroxyl groups excluding tert-OH is 1. The molecule has 0 saturated carbocycles. The van der Waals surface area contributed by atoms with Crippen LogP contribution in [0.4, 0.5) is 17.1 Å². The number of hydrogen-bond acceptors (Lipinski definition) is 4. The fourth-order valence-electron chi connectivity index (χ4n) is 2.17. The molecule has 1 heterocycles. The van der Waals surface area contributed by atoms with Crippen molar-refractivity contribution in [3.63, 3.8) is 0 Å². The maximum absolute atomic E-state index is 11.3. The van der Waals surface area contributed by atoms with Crippen LogP contribution in [0.5, 0.6) is 0 Å². The zero-order chi connectivity index (χ0) is 13.1. The summed E-state index contributed by atoms with van der Waals surface area (Å²) in [4.78, 5) is 11.3. The Morgan fingerprint density at radius 2 is 2.33 bits per heavy atom. The normalized spacial score (nSPS) is 15.1. The second kappa shape index (κ2) is 5.27. The van der Waals surface area contributed by atoms with E-state index in [4.69, 9.17) is 10.8 Å². The lowest BCUT2D eigenvalue weighted by Gasteiger charge is -2.19. The number of amides is 1. The van der Waals surface area contributed by atoms with Crippen molar-refractivity contribution in [3.05, 3.63) is 17.7 Å². The molecule has 5 N–H and O–H groups in total. The van der Waals surface area contributed by atoms with Gasteiger partial charge in [0.25, 0.3) is 0 Å². The van der Waals surface area contributed by atoms with Crippen LogP contribution in [0.15, 0.2) is 12.1 Å². The third-order valence-corrected chi connectivity index (χ3v) is 3.23. The molecule has 1 aliphatic rings. The van der Waals surface area contributed by atoms with E-state index in [2.05, 4.69) is 17.6 Å². The van der Waals surface area contributed by atoms with Crippen LogP contribution < -0.4 is 16.4 Å². The van der Waals surface area contributed by atoms with Gasteiger partial charge in [-0.2, -0.15) is 0 Å². The molecule has 1 amide bonds. The van der Waals surface area contributed by atoms with Crippen LogP contribution in [0.1, 0.15) is 25.3 Å². The highest BCUT2D eigenvalue weighted by molar-refractivity contribution is 6.00. The molecule has 2 rings (SSSR count). The molecule has 0 aliphatic carbocycles. The van der Waals surface area contributed by atoms with Crippen molar-refractivity contribution in [3.8, 4) is 0 Å². The predicted molar refractivity (Wildman–Crippen MR) is 72.6 cm³/mol. The third-order valence-electron chi connectivity index (χ3n) is 3.23. The van der Waals surface area contributed by atoms with E-state index in [1.165, 1.54) is 0 Å². The number of benzene rings is 1. The number of carbonyl (C=O) groups is 1. The molecule has 0 bridgehead atoms. The summed E-state index contributed by atoms with van der Waals surface area (Å²) in [6, 6.07) is 3.89. The van der Waals surface area contributed by atoms with E-state index in [1.807, 2.05) is 12.1 Å². The number of nitrogens with two attached hydrogens (primary N) is 1. The molecule has 98 valence electrons. The van der Waals surface area contributed by atoms with Crippen LogP contribution >= 0.6 is 0 Å². The average Bonchev–Trinajstić information content (AvgIpc) is 2.68. The number of anilines is 3. The average molecular weight is 249 g/mol. The molecule has 0 saturated heterocycles. The van der Waals surface area contributed by atoms with Crippen molar-refractivity contribution in [2.75, 3.05) is 23.0 Å². The van der Waals surface area contributed by atoms with Gasteiger partial charge in [0.15, 0.2) is 0 Å². The van der Waals surface area contributed by atoms with Crippen molar-refractivity contribution < 1.29 is 9.90 Å². The van der Waals surface area contributed by atoms with Gasteiger partial charge in [-0.3, -0.25) is 4.79 Å². The lowest BCUT2D eigenvalue weighted by Crippen LogP contribution is -2.20. The fourth-order valence-corrected chi connectivity index (χ4v) is 2.17.